The number of carbonyl (C=O) groups is 2. The van der Waals surface area contributed by atoms with Gasteiger partial charge in [0.1, 0.15) is 9.98 Å². The number of thiocarbonyl (C=S) groups is 2. The van der Waals surface area contributed by atoms with Crippen LogP contribution in [0.5, 0.6) is 0 Å². The average molecular weight is 499 g/mol. The fourth-order valence-electron chi connectivity index (χ4n) is 3.01. The lowest BCUT2D eigenvalue weighted by atomic mass is 10.2. The van der Waals surface area contributed by atoms with Gasteiger partial charge in [0.2, 0.25) is 0 Å². The minimum atomic E-state index is -0.845. The molecule has 2 aromatic heterocycles. The lowest BCUT2D eigenvalue weighted by Crippen LogP contribution is -2.53. The maximum absolute atomic E-state index is 12.4. The summed E-state index contributed by atoms with van der Waals surface area (Å²) in [6.07, 6.45) is 0. The van der Waals surface area contributed by atoms with Crippen LogP contribution in [0.4, 0.5) is 0 Å². The number of hydrogen-bond acceptors (Lipinski definition) is 6. The van der Waals surface area contributed by atoms with Crippen molar-refractivity contribution >= 4 is 89.1 Å². The molecule has 0 saturated heterocycles. The van der Waals surface area contributed by atoms with Gasteiger partial charge in [-0.2, -0.15) is 0 Å². The van der Waals surface area contributed by atoms with Gasteiger partial charge in [-0.25, -0.2) is 0 Å². The Hall–Kier alpha value is -2.92. The molecule has 0 radical (unpaired) electrons. The van der Waals surface area contributed by atoms with Crippen molar-refractivity contribution in [3.63, 3.8) is 0 Å². The number of hydrogen-bond donors (Lipinski definition) is 2. The summed E-state index contributed by atoms with van der Waals surface area (Å²) >= 11 is 14.0. The number of thiophene rings is 2. The third-order valence-electron chi connectivity index (χ3n) is 4.63. The van der Waals surface area contributed by atoms with Crippen LogP contribution in [0.3, 0.4) is 0 Å². The van der Waals surface area contributed by atoms with Crippen molar-refractivity contribution in [3.8, 4) is 0 Å². The van der Waals surface area contributed by atoms with E-state index in [0.29, 0.717) is 9.98 Å². The fraction of sp³-hybridized carbons (Fsp3) is 0.0909. The van der Waals surface area contributed by atoms with Crippen molar-refractivity contribution in [1.82, 2.24) is 20.9 Å². The molecule has 162 valence electrons. The first kappa shape index (κ1) is 22.3. The number of rotatable bonds is 2. The maximum atomic E-state index is 12.4. The Labute approximate surface area is 203 Å². The van der Waals surface area contributed by atoms with Crippen molar-refractivity contribution in [1.29, 1.82) is 0 Å². The molecule has 0 atom stereocenters. The Bertz CT molecular complexity index is 1190. The van der Waals surface area contributed by atoms with E-state index in [1.165, 1.54) is 32.7 Å². The van der Waals surface area contributed by atoms with Crippen LogP contribution >= 0.6 is 47.1 Å². The van der Waals surface area contributed by atoms with E-state index in [4.69, 9.17) is 24.4 Å². The molecule has 6 nitrogen and oxygen atoms in total. The minimum Gasteiger partial charge on any atom is -0.276 e. The molecule has 4 rings (SSSR count). The Morgan fingerprint density at radius 3 is 1.47 bits per heavy atom. The van der Waals surface area contributed by atoms with E-state index in [1.807, 2.05) is 60.7 Å². The van der Waals surface area contributed by atoms with E-state index in [0.717, 1.165) is 29.9 Å². The van der Waals surface area contributed by atoms with Gasteiger partial charge in [0, 0.05) is 23.5 Å². The Kier molecular flexibility index (Phi) is 6.47. The van der Waals surface area contributed by atoms with Crippen molar-refractivity contribution in [3.05, 3.63) is 70.4 Å². The topological polar surface area (TPSA) is 64.7 Å². The molecule has 4 aromatic rings. The monoisotopic (exact) mass is 498 g/mol. The fourth-order valence-corrected chi connectivity index (χ4v) is 5.55. The molecule has 10 heteroatoms. The smallest absolute Gasteiger partial charge is 0.276 e. The highest BCUT2D eigenvalue weighted by Crippen LogP contribution is 2.27. The molecule has 0 spiro atoms. The van der Waals surface area contributed by atoms with Gasteiger partial charge in [0.05, 0.1) is 9.75 Å². The van der Waals surface area contributed by atoms with Crippen LogP contribution in [0.1, 0.15) is 9.75 Å². The zero-order valence-electron chi connectivity index (χ0n) is 17.1. The van der Waals surface area contributed by atoms with Gasteiger partial charge >= 0.3 is 11.8 Å². The lowest BCUT2D eigenvalue weighted by molar-refractivity contribution is -0.142. The van der Waals surface area contributed by atoms with Crippen LogP contribution < -0.4 is 10.9 Å². The molecule has 32 heavy (non-hydrogen) atoms. The van der Waals surface area contributed by atoms with E-state index in [1.54, 1.807) is 14.1 Å². The Morgan fingerprint density at radius 1 is 0.719 bits per heavy atom. The summed E-state index contributed by atoms with van der Waals surface area (Å²) in [4.78, 5) is 27.3. The summed E-state index contributed by atoms with van der Waals surface area (Å²) in [7, 11) is 3.20. The number of nitrogens with one attached hydrogen (secondary N) is 2. The van der Waals surface area contributed by atoms with Crippen LogP contribution in [0.15, 0.2) is 60.7 Å². The van der Waals surface area contributed by atoms with Gasteiger partial charge in [-0.15, -0.1) is 22.7 Å². The van der Waals surface area contributed by atoms with Crippen LogP contribution in [-0.4, -0.2) is 45.9 Å². The number of carbonyl (C=O) groups excluding carboxylic acids is 2. The average Bonchev–Trinajstić information content (AvgIpc) is 3.41. The number of fused-ring (bicyclic) bond motifs is 2. The second-order valence-electron chi connectivity index (χ2n) is 6.91. The molecule has 0 aliphatic heterocycles. The van der Waals surface area contributed by atoms with E-state index >= 15 is 0 Å². The predicted molar refractivity (Wildman–Crippen MR) is 139 cm³/mol. The first-order valence-electron chi connectivity index (χ1n) is 9.48. The van der Waals surface area contributed by atoms with Crippen molar-refractivity contribution in [2.24, 2.45) is 0 Å². The number of nitrogens with zero attached hydrogens (tertiary/aromatic N) is 2. The van der Waals surface area contributed by atoms with Gasteiger partial charge in [0.25, 0.3) is 0 Å². The highest BCUT2D eigenvalue weighted by Gasteiger charge is 2.21. The normalized spacial score (nSPS) is 10.7. The number of benzene rings is 2. The molecular weight excluding hydrogens is 481 g/mol. The van der Waals surface area contributed by atoms with E-state index < -0.39 is 11.8 Å². The van der Waals surface area contributed by atoms with Crippen LogP contribution in [0, 0.1) is 0 Å². The second kappa shape index (κ2) is 9.29. The first-order valence-corrected chi connectivity index (χ1v) is 11.9. The highest BCUT2D eigenvalue weighted by molar-refractivity contribution is 7.81. The van der Waals surface area contributed by atoms with Gasteiger partial charge < -0.3 is 0 Å². The summed E-state index contributed by atoms with van der Waals surface area (Å²) in [5, 5.41) is 4.88. The third-order valence-corrected chi connectivity index (χ3v) is 8.12. The first-order chi connectivity index (χ1) is 15.3. The third kappa shape index (κ3) is 4.63. The summed E-state index contributed by atoms with van der Waals surface area (Å²) < 4.78 is 2.19. The molecule has 0 fully saturated rings. The molecule has 2 aromatic carbocycles. The quantitative estimate of drug-likeness (QED) is 0.247. The zero-order chi connectivity index (χ0) is 22.8. The van der Waals surface area contributed by atoms with Gasteiger partial charge in [-0.3, -0.25) is 30.5 Å². The van der Waals surface area contributed by atoms with E-state index in [2.05, 4.69) is 10.9 Å². The van der Waals surface area contributed by atoms with Crippen LogP contribution in [-0.2, 0) is 9.59 Å². The van der Waals surface area contributed by atoms with Crippen LogP contribution in [0.25, 0.3) is 20.2 Å². The molecule has 0 aliphatic carbocycles. The molecule has 0 bridgehead atoms. The summed E-state index contributed by atoms with van der Waals surface area (Å²) in [6.45, 7) is 0. The largest absolute Gasteiger partial charge is 0.329 e. The highest BCUT2D eigenvalue weighted by atomic mass is 32.1. The standard InChI is InChI=1S/C22H18N4O2S4/c1-25(21(29)17-11-13-7-3-5-9-15(13)31-17)23-19(27)20(28)24-26(2)22(30)18-12-14-8-4-6-10-16(14)32-18/h3-12H,1-2H3,(H,23,27)(H,24,28). The molecule has 2 heterocycles. The molecular formula is C22H18N4O2S4. The SMILES string of the molecule is CN(NC(=O)C(=O)NN(C)C(=S)c1cc2ccccc2s1)C(=S)c1cc2ccccc2s1. The molecule has 0 saturated carbocycles. The lowest BCUT2D eigenvalue weighted by Gasteiger charge is -2.22. The van der Waals surface area contributed by atoms with Crippen molar-refractivity contribution in [2.75, 3.05) is 14.1 Å². The Balaban J connectivity index is 1.36. The Morgan fingerprint density at radius 2 is 1.09 bits per heavy atom. The van der Waals surface area contributed by atoms with Crippen molar-refractivity contribution < 1.29 is 9.59 Å². The van der Waals surface area contributed by atoms with E-state index in [-0.39, 0.29) is 0 Å². The zero-order valence-corrected chi connectivity index (χ0v) is 20.4. The van der Waals surface area contributed by atoms with Gasteiger partial charge in [-0.1, -0.05) is 60.8 Å². The maximum Gasteiger partial charge on any atom is 0.329 e. The predicted octanol–water partition coefficient (Wildman–Crippen LogP) is 4.09. The van der Waals surface area contributed by atoms with Crippen molar-refractivity contribution in [2.45, 2.75) is 0 Å². The van der Waals surface area contributed by atoms with Crippen LogP contribution in [0.2, 0.25) is 0 Å². The summed E-state index contributed by atoms with van der Waals surface area (Å²) in [5.41, 5.74) is 5.02. The van der Waals surface area contributed by atoms with Gasteiger partial charge in [-0.05, 0) is 35.0 Å². The molecule has 2 amide bonds. The minimum absolute atomic E-state index is 0.418. The molecule has 0 unspecified atom stereocenters. The summed E-state index contributed by atoms with van der Waals surface area (Å²) in [6, 6.07) is 19.8. The van der Waals surface area contributed by atoms with Gasteiger partial charge in [0.15, 0.2) is 0 Å². The summed E-state index contributed by atoms with van der Waals surface area (Å²) in [5.74, 6) is -1.69. The molecule has 0 aliphatic rings. The molecule has 2 N–H and O–H groups in total. The number of amides is 2. The second-order valence-corrected chi connectivity index (χ2v) is 9.85. The van der Waals surface area contributed by atoms with E-state index in [9.17, 15) is 9.59 Å². The number of hydrazine groups is 2.